The zero-order chi connectivity index (χ0) is 17.9. The lowest BCUT2D eigenvalue weighted by atomic mass is 9.97. The van der Waals surface area contributed by atoms with Gasteiger partial charge in [0.25, 0.3) is 0 Å². The molecule has 0 bridgehead atoms. The predicted molar refractivity (Wildman–Crippen MR) is 95.4 cm³/mol. The monoisotopic (exact) mass is 351 g/mol. The SMILES string of the molecule is Cc1ccc(-c2noc(C3CCCN(C(=O)Cc4ccccc4)C3)n2)o1. The maximum absolute atomic E-state index is 12.6. The van der Waals surface area contributed by atoms with Crippen molar-refractivity contribution in [2.75, 3.05) is 13.1 Å². The molecule has 1 aliphatic rings. The summed E-state index contributed by atoms with van der Waals surface area (Å²) in [7, 11) is 0. The zero-order valence-electron chi connectivity index (χ0n) is 14.7. The van der Waals surface area contributed by atoms with E-state index in [0.717, 1.165) is 30.7 Å². The van der Waals surface area contributed by atoms with Crippen LogP contribution < -0.4 is 0 Å². The molecule has 3 aromatic rings. The van der Waals surface area contributed by atoms with Gasteiger partial charge >= 0.3 is 0 Å². The molecule has 6 heteroatoms. The average molecular weight is 351 g/mol. The number of piperidine rings is 1. The van der Waals surface area contributed by atoms with E-state index in [-0.39, 0.29) is 11.8 Å². The Balaban J connectivity index is 1.43. The first-order chi connectivity index (χ1) is 12.7. The summed E-state index contributed by atoms with van der Waals surface area (Å²) in [4.78, 5) is 19.0. The molecule has 0 aliphatic carbocycles. The first-order valence-electron chi connectivity index (χ1n) is 8.91. The quantitative estimate of drug-likeness (QED) is 0.718. The number of amides is 1. The smallest absolute Gasteiger partial charge is 0.238 e. The van der Waals surface area contributed by atoms with Gasteiger partial charge in [0.2, 0.25) is 17.6 Å². The van der Waals surface area contributed by atoms with E-state index in [1.807, 2.05) is 54.3 Å². The molecule has 1 aliphatic heterocycles. The van der Waals surface area contributed by atoms with Gasteiger partial charge in [-0.1, -0.05) is 35.5 Å². The van der Waals surface area contributed by atoms with E-state index in [1.54, 1.807) is 0 Å². The molecule has 6 nitrogen and oxygen atoms in total. The number of aromatic nitrogens is 2. The zero-order valence-corrected chi connectivity index (χ0v) is 14.7. The van der Waals surface area contributed by atoms with Crippen LogP contribution >= 0.6 is 0 Å². The third kappa shape index (κ3) is 3.54. The van der Waals surface area contributed by atoms with Gasteiger partial charge in [-0.2, -0.15) is 4.98 Å². The molecule has 0 spiro atoms. The number of carbonyl (C=O) groups is 1. The van der Waals surface area contributed by atoms with Crippen LogP contribution in [0, 0.1) is 6.92 Å². The fourth-order valence-electron chi connectivity index (χ4n) is 3.34. The molecule has 1 fully saturated rings. The second-order valence-electron chi connectivity index (χ2n) is 6.71. The maximum atomic E-state index is 12.6. The minimum absolute atomic E-state index is 0.0702. The molecule has 1 atom stereocenters. The Hall–Kier alpha value is -2.89. The van der Waals surface area contributed by atoms with Crippen molar-refractivity contribution in [2.24, 2.45) is 0 Å². The van der Waals surface area contributed by atoms with Crippen LogP contribution in [0.4, 0.5) is 0 Å². The van der Waals surface area contributed by atoms with Crippen molar-refractivity contribution in [2.45, 2.75) is 32.1 Å². The summed E-state index contributed by atoms with van der Waals surface area (Å²) in [6.07, 6.45) is 2.30. The van der Waals surface area contributed by atoms with Gasteiger partial charge in [-0.3, -0.25) is 4.79 Å². The van der Waals surface area contributed by atoms with Crippen LogP contribution in [0.25, 0.3) is 11.6 Å². The molecule has 4 rings (SSSR count). The Bertz CT molecular complexity index is 885. The lowest BCUT2D eigenvalue weighted by Crippen LogP contribution is -2.40. The molecule has 2 aromatic heterocycles. The summed E-state index contributed by atoms with van der Waals surface area (Å²) >= 11 is 0. The summed E-state index contributed by atoms with van der Waals surface area (Å²) < 4.78 is 11.0. The Morgan fingerprint density at radius 3 is 2.85 bits per heavy atom. The molecular formula is C20H21N3O3. The van der Waals surface area contributed by atoms with E-state index in [4.69, 9.17) is 8.94 Å². The van der Waals surface area contributed by atoms with E-state index in [2.05, 4.69) is 10.1 Å². The van der Waals surface area contributed by atoms with E-state index in [9.17, 15) is 4.79 Å². The van der Waals surface area contributed by atoms with Gasteiger partial charge in [-0.25, -0.2) is 0 Å². The number of benzene rings is 1. The summed E-state index contributed by atoms with van der Waals surface area (Å²) in [6, 6.07) is 13.5. The summed E-state index contributed by atoms with van der Waals surface area (Å²) in [6.45, 7) is 3.27. The molecule has 1 unspecified atom stereocenters. The van der Waals surface area contributed by atoms with E-state index in [0.29, 0.717) is 30.4 Å². The number of aryl methyl sites for hydroxylation is 1. The average Bonchev–Trinajstić information content (AvgIpc) is 3.32. The van der Waals surface area contributed by atoms with Gasteiger partial charge in [0, 0.05) is 13.1 Å². The van der Waals surface area contributed by atoms with Gasteiger partial charge in [-0.15, -0.1) is 0 Å². The molecule has 26 heavy (non-hydrogen) atoms. The van der Waals surface area contributed by atoms with Gasteiger partial charge in [0.1, 0.15) is 5.76 Å². The standard InChI is InChI=1S/C20H21N3O3/c1-14-9-10-17(25-14)19-21-20(26-22-19)16-8-5-11-23(13-16)18(24)12-15-6-3-2-4-7-15/h2-4,6-7,9-10,16H,5,8,11-13H2,1H3. The molecule has 0 saturated carbocycles. The Morgan fingerprint density at radius 2 is 2.08 bits per heavy atom. The Kier molecular flexibility index (Phi) is 4.56. The number of carbonyl (C=O) groups excluding carboxylic acids is 1. The van der Waals surface area contributed by atoms with Crippen molar-refractivity contribution < 1.29 is 13.7 Å². The molecule has 0 radical (unpaired) electrons. The number of rotatable bonds is 4. The minimum atomic E-state index is 0.0702. The number of nitrogens with zero attached hydrogens (tertiary/aromatic N) is 3. The van der Waals surface area contributed by atoms with Crippen molar-refractivity contribution in [1.29, 1.82) is 0 Å². The van der Waals surface area contributed by atoms with Crippen LogP contribution in [-0.2, 0) is 11.2 Å². The molecule has 1 amide bonds. The lowest BCUT2D eigenvalue weighted by molar-refractivity contribution is -0.131. The molecular weight excluding hydrogens is 330 g/mol. The number of hydrogen-bond acceptors (Lipinski definition) is 5. The maximum Gasteiger partial charge on any atom is 0.238 e. The molecule has 3 heterocycles. The highest BCUT2D eigenvalue weighted by molar-refractivity contribution is 5.78. The number of likely N-dealkylation sites (tertiary alicyclic amines) is 1. The fraction of sp³-hybridized carbons (Fsp3) is 0.350. The van der Waals surface area contributed by atoms with E-state index in [1.165, 1.54) is 0 Å². The molecule has 1 saturated heterocycles. The topological polar surface area (TPSA) is 72.4 Å². The van der Waals surface area contributed by atoms with E-state index >= 15 is 0 Å². The lowest BCUT2D eigenvalue weighted by Gasteiger charge is -2.31. The first kappa shape index (κ1) is 16.6. The van der Waals surface area contributed by atoms with Gasteiger partial charge in [0.05, 0.1) is 12.3 Å². The van der Waals surface area contributed by atoms with Crippen LogP contribution in [0.5, 0.6) is 0 Å². The third-order valence-electron chi connectivity index (χ3n) is 4.72. The summed E-state index contributed by atoms with van der Waals surface area (Å²) in [5.41, 5.74) is 1.04. The second kappa shape index (κ2) is 7.15. The third-order valence-corrected chi connectivity index (χ3v) is 4.72. The highest BCUT2D eigenvalue weighted by atomic mass is 16.5. The van der Waals surface area contributed by atoms with Crippen LogP contribution in [0.2, 0.25) is 0 Å². The molecule has 134 valence electrons. The normalized spacial score (nSPS) is 17.4. The van der Waals surface area contributed by atoms with E-state index < -0.39 is 0 Å². The number of hydrogen-bond donors (Lipinski definition) is 0. The van der Waals surface area contributed by atoms with Crippen molar-refractivity contribution in [3.8, 4) is 11.6 Å². The number of furan rings is 1. The van der Waals surface area contributed by atoms with Gasteiger partial charge in [-0.05, 0) is 37.5 Å². The second-order valence-corrected chi connectivity index (χ2v) is 6.71. The first-order valence-corrected chi connectivity index (χ1v) is 8.91. The summed E-state index contributed by atoms with van der Waals surface area (Å²) in [5, 5.41) is 4.03. The Labute approximate surface area is 151 Å². The fourth-order valence-corrected chi connectivity index (χ4v) is 3.34. The van der Waals surface area contributed by atoms with Gasteiger partial charge in [0.15, 0.2) is 5.76 Å². The largest absolute Gasteiger partial charge is 0.458 e. The minimum Gasteiger partial charge on any atom is -0.458 e. The van der Waals surface area contributed by atoms with Crippen LogP contribution in [0.3, 0.4) is 0 Å². The molecule has 0 N–H and O–H groups in total. The highest BCUT2D eigenvalue weighted by Gasteiger charge is 2.29. The Morgan fingerprint density at radius 1 is 1.23 bits per heavy atom. The molecule has 1 aromatic carbocycles. The highest BCUT2D eigenvalue weighted by Crippen LogP contribution is 2.28. The van der Waals surface area contributed by atoms with Crippen molar-refractivity contribution in [3.63, 3.8) is 0 Å². The van der Waals surface area contributed by atoms with Crippen LogP contribution in [0.1, 0.15) is 36.0 Å². The van der Waals surface area contributed by atoms with Crippen molar-refractivity contribution in [3.05, 3.63) is 59.7 Å². The van der Waals surface area contributed by atoms with Crippen molar-refractivity contribution in [1.82, 2.24) is 15.0 Å². The van der Waals surface area contributed by atoms with Crippen LogP contribution in [-0.4, -0.2) is 34.0 Å². The van der Waals surface area contributed by atoms with Crippen LogP contribution in [0.15, 0.2) is 51.4 Å². The van der Waals surface area contributed by atoms with Crippen molar-refractivity contribution >= 4 is 5.91 Å². The van der Waals surface area contributed by atoms with Gasteiger partial charge < -0.3 is 13.8 Å². The summed E-state index contributed by atoms with van der Waals surface area (Å²) in [5.74, 6) is 2.65. The predicted octanol–water partition coefficient (Wildman–Crippen LogP) is 3.59.